The molecule has 0 saturated heterocycles. The zero-order valence-electron chi connectivity index (χ0n) is 39.1. The highest BCUT2D eigenvalue weighted by Gasteiger charge is 2.34. The second kappa shape index (κ2) is 32.4. The summed E-state index contributed by atoms with van der Waals surface area (Å²) in [6.07, 6.45) is -0.698. The minimum Gasteiger partial charge on any atom is -0.508 e. The summed E-state index contributed by atoms with van der Waals surface area (Å²) in [5, 5.41) is 64.3. The van der Waals surface area contributed by atoms with Crippen molar-refractivity contribution in [1.29, 1.82) is 0 Å². The fourth-order valence-corrected chi connectivity index (χ4v) is 6.65. The highest BCUT2D eigenvalue weighted by Crippen LogP contribution is 2.12. The van der Waals surface area contributed by atoms with Crippen molar-refractivity contribution in [2.75, 3.05) is 31.7 Å². The van der Waals surface area contributed by atoms with Crippen LogP contribution in [0.25, 0.3) is 0 Å². The van der Waals surface area contributed by atoms with Crippen molar-refractivity contribution in [2.45, 2.75) is 113 Å². The lowest BCUT2D eigenvalue weighted by Gasteiger charge is -2.26. The van der Waals surface area contributed by atoms with E-state index in [2.05, 4.69) is 47.2 Å². The number of aliphatic carboxylic acids is 3. The molecular weight excluding hydrogens is 961 g/mol. The molecule has 0 unspecified atom stereocenters. The first kappa shape index (κ1) is 61.5. The lowest BCUT2D eigenvalue weighted by atomic mass is 10.0. The van der Waals surface area contributed by atoms with Gasteiger partial charge in [-0.2, -0.15) is 11.8 Å². The van der Waals surface area contributed by atoms with E-state index < -0.39 is 133 Å². The number of benzene rings is 1. The molecule has 1 aromatic carbocycles. The second-order valence-corrected chi connectivity index (χ2v) is 16.8. The molecule has 0 saturated carbocycles. The van der Waals surface area contributed by atoms with E-state index in [9.17, 15) is 73.5 Å². The van der Waals surface area contributed by atoms with Crippen LogP contribution in [0.5, 0.6) is 5.75 Å². The summed E-state index contributed by atoms with van der Waals surface area (Å²) < 4.78 is 0. The molecule has 396 valence electrons. The maximum Gasteiger partial charge on any atom is 0.326 e. The van der Waals surface area contributed by atoms with Crippen molar-refractivity contribution in [3.8, 4) is 5.75 Å². The van der Waals surface area contributed by atoms with E-state index in [0.717, 1.165) is 6.92 Å². The largest absolute Gasteiger partial charge is 0.508 e. The molecule has 0 aliphatic rings. The lowest BCUT2D eigenvalue weighted by molar-refractivity contribution is -0.144. The summed E-state index contributed by atoms with van der Waals surface area (Å²) in [6, 6.07) is -6.50. The number of hydrogen-bond acceptors (Lipinski definition) is 16. The summed E-state index contributed by atoms with van der Waals surface area (Å²) in [7, 11) is 0. The molecule has 30 heteroatoms. The quantitative estimate of drug-likeness (QED) is 0.0174. The third-order valence-electron chi connectivity index (χ3n) is 9.97. The molecule has 0 spiro atoms. The van der Waals surface area contributed by atoms with Crippen molar-refractivity contribution in [3.05, 3.63) is 29.8 Å². The Hall–Kier alpha value is -7.47. The molecule has 8 atom stereocenters. The van der Waals surface area contributed by atoms with Crippen LogP contribution in [0, 0.1) is 0 Å². The molecule has 0 radical (unpaired) electrons. The third-order valence-corrected chi connectivity index (χ3v) is 10.6. The predicted molar refractivity (Wildman–Crippen MR) is 256 cm³/mol. The predicted octanol–water partition coefficient (Wildman–Crippen LogP) is -6.05. The SMILES string of the molecule is CSCC[C@H](NC(=O)[C@@H](N)Cc1ccc(O)cc1)C(=O)N[C@@H](CCC(=O)O)C(=O)N[C@@H](CO)C(=O)N[C@@H](CCCN=C(N)N)C(=O)N[C@@H](C)C(=O)N[C@@H](CC(=O)O)C(=O)N[C@@H](CCCN=C(N)N)C(=O)O. The summed E-state index contributed by atoms with van der Waals surface area (Å²) in [5.41, 5.74) is 28.0. The molecule has 7 amide bonds. The number of phenolic OH excluding ortho intramolecular Hbond substituents is 1. The van der Waals surface area contributed by atoms with Crippen molar-refractivity contribution in [2.24, 2.45) is 38.7 Å². The fraction of sp³-hybridized carbons (Fsp3) is 0.561. The maximum absolute atomic E-state index is 13.6. The summed E-state index contributed by atoms with van der Waals surface area (Å²) in [6.45, 7) is -0.0190. The molecule has 0 bridgehead atoms. The van der Waals surface area contributed by atoms with Gasteiger partial charge in [0, 0.05) is 19.5 Å². The van der Waals surface area contributed by atoms with Crippen LogP contribution in [0.2, 0.25) is 0 Å². The van der Waals surface area contributed by atoms with Gasteiger partial charge in [-0.05, 0) is 81.6 Å². The van der Waals surface area contributed by atoms with Crippen LogP contribution in [0.15, 0.2) is 34.3 Å². The fourth-order valence-electron chi connectivity index (χ4n) is 6.18. The van der Waals surface area contributed by atoms with Gasteiger partial charge < -0.3 is 91.4 Å². The van der Waals surface area contributed by atoms with Crippen molar-refractivity contribution >= 4 is 82.9 Å². The van der Waals surface area contributed by atoms with Gasteiger partial charge in [-0.25, -0.2) is 4.79 Å². The van der Waals surface area contributed by atoms with Gasteiger partial charge in [0.05, 0.1) is 19.1 Å². The monoisotopic (exact) mass is 1030 g/mol. The van der Waals surface area contributed by atoms with Crippen molar-refractivity contribution < 1.29 is 73.5 Å². The molecule has 0 fully saturated rings. The number of carboxylic acid groups (broad SMARTS) is 3. The Kier molecular flexibility index (Phi) is 28.1. The molecule has 1 aromatic rings. The molecular formula is C41H66N14O15S. The highest BCUT2D eigenvalue weighted by atomic mass is 32.2. The number of amides is 7. The minimum atomic E-state index is -1.85. The van der Waals surface area contributed by atoms with Crippen LogP contribution in [-0.2, 0) is 54.4 Å². The van der Waals surface area contributed by atoms with Crippen LogP contribution in [0.1, 0.15) is 63.9 Å². The average molecular weight is 1030 g/mol. The Labute approximate surface area is 411 Å². The molecule has 22 N–H and O–H groups in total. The highest BCUT2D eigenvalue weighted by molar-refractivity contribution is 7.98. The number of thioether (sulfide) groups is 1. The number of aliphatic hydroxyl groups excluding tert-OH is 1. The zero-order chi connectivity index (χ0) is 53.8. The number of carbonyl (C=O) groups excluding carboxylic acids is 7. The Morgan fingerprint density at radius 3 is 1.51 bits per heavy atom. The van der Waals surface area contributed by atoms with Crippen molar-refractivity contribution in [3.63, 3.8) is 0 Å². The first-order chi connectivity index (χ1) is 33.4. The van der Waals surface area contributed by atoms with Crippen LogP contribution < -0.4 is 65.9 Å². The minimum absolute atomic E-state index is 0.00489. The number of phenols is 1. The third kappa shape index (κ3) is 25.1. The van der Waals surface area contributed by atoms with Gasteiger partial charge in [0.25, 0.3) is 0 Å². The number of aliphatic imine (C=N–C) groups is 2. The Bertz CT molecular complexity index is 2060. The molecule has 0 aliphatic heterocycles. The van der Waals surface area contributed by atoms with E-state index in [0.29, 0.717) is 11.3 Å². The van der Waals surface area contributed by atoms with E-state index in [1.165, 1.54) is 23.9 Å². The summed E-state index contributed by atoms with van der Waals surface area (Å²) >= 11 is 1.33. The van der Waals surface area contributed by atoms with Gasteiger partial charge in [-0.15, -0.1) is 0 Å². The number of carbonyl (C=O) groups is 10. The Morgan fingerprint density at radius 2 is 1.01 bits per heavy atom. The normalized spacial score (nSPS) is 14.1. The molecule has 0 heterocycles. The standard InChI is InChI=1S/C41H66N14O15S/c1-20(32(62)54-28(18-31(60)61)37(67)53-27(39(69)70)6-4-15-48-41(45)46)49-34(64)24(5-3-14-47-40(43)44)51-38(68)29(19-56)55-35(65)25(11-12-30(58)59)52-36(66)26(13-16-71-2)50-33(63)23(42)17-21-7-9-22(57)10-8-21/h7-10,20,23-29,56-57H,3-6,11-19,42H2,1-2H3,(H,49,64)(H,50,63)(H,51,68)(H,52,66)(H,53,67)(H,54,62)(H,55,65)(H,58,59)(H,60,61)(H,69,70)(H4,43,44,47)(H4,45,46,48)/t20-,23-,24-,25-,26-,27-,28-,29-/m0/s1. The maximum atomic E-state index is 13.6. The number of nitrogens with two attached hydrogens (primary N) is 5. The van der Waals surface area contributed by atoms with E-state index >= 15 is 0 Å². The number of nitrogens with zero attached hydrogens (tertiary/aromatic N) is 2. The first-order valence-electron chi connectivity index (χ1n) is 21.9. The Morgan fingerprint density at radius 1 is 0.577 bits per heavy atom. The van der Waals surface area contributed by atoms with Crippen LogP contribution in [-0.4, -0.2) is 177 Å². The van der Waals surface area contributed by atoms with Gasteiger partial charge in [-0.3, -0.25) is 53.1 Å². The van der Waals surface area contributed by atoms with E-state index in [1.54, 1.807) is 18.4 Å². The van der Waals surface area contributed by atoms with Gasteiger partial charge in [-0.1, -0.05) is 12.1 Å². The smallest absolute Gasteiger partial charge is 0.326 e. The van der Waals surface area contributed by atoms with E-state index in [4.69, 9.17) is 28.7 Å². The molecule has 0 aliphatic carbocycles. The van der Waals surface area contributed by atoms with E-state index in [1.807, 2.05) is 0 Å². The molecule has 0 aromatic heterocycles. The van der Waals surface area contributed by atoms with Gasteiger partial charge >= 0.3 is 17.9 Å². The van der Waals surface area contributed by atoms with E-state index in [-0.39, 0.29) is 69.3 Å². The lowest BCUT2D eigenvalue weighted by Crippen LogP contribution is -2.60. The van der Waals surface area contributed by atoms with Gasteiger partial charge in [0.15, 0.2) is 11.9 Å². The number of carboxylic acids is 3. The number of hydrogen-bond donors (Lipinski definition) is 17. The summed E-state index contributed by atoms with van der Waals surface area (Å²) in [5.74, 6) is -12.0. The number of aromatic hydroxyl groups is 1. The first-order valence-corrected chi connectivity index (χ1v) is 23.3. The van der Waals surface area contributed by atoms with Gasteiger partial charge in [0.2, 0.25) is 41.4 Å². The van der Waals surface area contributed by atoms with Crippen molar-refractivity contribution in [1.82, 2.24) is 37.2 Å². The second-order valence-electron chi connectivity index (χ2n) is 15.8. The number of rotatable bonds is 34. The Balaban J connectivity index is 3.26. The molecule has 1 rings (SSSR count). The number of nitrogens with one attached hydrogen (secondary N) is 7. The molecule has 71 heavy (non-hydrogen) atoms. The zero-order valence-corrected chi connectivity index (χ0v) is 39.9. The summed E-state index contributed by atoms with van der Waals surface area (Å²) in [4.78, 5) is 136. The number of aliphatic hydroxyl groups is 1. The van der Waals surface area contributed by atoms with Crippen LogP contribution >= 0.6 is 11.8 Å². The van der Waals surface area contributed by atoms with Crippen LogP contribution in [0.3, 0.4) is 0 Å². The van der Waals surface area contributed by atoms with Gasteiger partial charge in [0.1, 0.15) is 48.0 Å². The topological polar surface area (TPSA) is 511 Å². The molecule has 29 nitrogen and oxygen atoms in total. The number of guanidine groups is 2. The average Bonchev–Trinajstić information content (AvgIpc) is 3.29. The van der Waals surface area contributed by atoms with Crippen LogP contribution in [0.4, 0.5) is 0 Å².